The van der Waals surface area contributed by atoms with Crippen molar-refractivity contribution in [1.29, 1.82) is 5.26 Å². The van der Waals surface area contributed by atoms with Crippen molar-refractivity contribution in [3.63, 3.8) is 0 Å². The van der Waals surface area contributed by atoms with Crippen molar-refractivity contribution in [2.24, 2.45) is 0 Å². The van der Waals surface area contributed by atoms with Crippen molar-refractivity contribution in [3.05, 3.63) is 28.2 Å². The summed E-state index contributed by atoms with van der Waals surface area (Å²) in [6, 6.07) is 5.85. The van der Waals surface area contributed by atoms with Crippen LogP contribution < -0.4 is 0 Å². The first-order valence-corrected chi connectivity index (χ1v) is 7.35. The number of benzene rings is 1. The molecular formula is C11H9Cl2NO3S. The highest BCUT2D eigenvalue weighted by molar-refractivity contribution is 7.93. The molecule has 1 fully saturated rings. The molecule has 96 valence electrons. The Labute approximate surface area is 115 Å². The van der Waals surface area contributed by atoms with E-state index >= 15 is 0 Å². The minimum Gasteiger partial charge on any atom is -0.393 e. The molecule has 0 heterocycles. The van der Waals surface area contributed by atoms with E-state index in [9.17, 15) is 13.5 Å². The largest absolute Gasteiger partial charge is 0.393 e. The molecule has 0 amide bonds. The lowest BCUT2D eigenvalue weighted by molar-refractivity contribution is 0.0764. The summed E-state index contributed by atoms with van der Waals surface area (Å²) in [5.74, 6) is 0. The summed E-state index contributed by atoms with van der Waals surface area (Å²) in [5.41, 5.74) is 0. The van der Waals surface area contributed by atoms with Crippen LogP contribution in [0, 0.1) is 11.3 Å². The Kier molecular flexibility index (Phi) is 3.32. The highest BCUT2D eigenvalue weighted by Crippen LogP contribution is 2.44. The van der Waals surface area contributed by atoms with Gasteiger partial charge in [0, 0.05) is 17.9 Å². The fourth-order valence-electron chi connectivity index (χ4n) is 1.97. The molecule has 1 saturated carbocycles. The van der Waals surface area contributed by atoms with E-state index in [1.807, 2.05) is 0 Å². The van der Waals surface area contributed by atoms with Crippen LogP contribution in [0.1, 0.15) is 12.8 Å². The van der Waals surface area contributed by atoms with Gasteiger partial charge in [0.25, 0.3) is 0 Å². The highest BCUT2D eigenvalue weighted by atomic mass is 35.5. The van der Waals surface area contributed by atoms with E-state index in [0.29, 0.717) is 0 Å². The summed E-state index contributed by atoms with van der Waals surface area (Å²) < 4.78 is 23.2. The molecule has 4 nitrogen and oxygen atoms in total. The standard InChI is InChI=1S/C11H9Cl2NO3S/c12-7-1-2-9(13)10(3-7)18(16,17)11(6-14)4-8(15)5-11/h1-3,8,15H,4-5H2. The Bertz CT molecular complexity index is 630. The van der Waals surface area contributed by atoms with Crippen LogP contribution in [0.2, 0.25) is 10.0 Å². The SMILES string of the molecule is N#CC1(S(=O)(=O)c2cc(Cl)ccc2Cl)CC(O)C1. The molecule has 0 aromatic heterocycles. The lowest BCUT2D eigenvalue weighted by Gasteiger charge is -2.38. The predicted molar refractivity (Wildman–Crippen MR) is 67.2 cm³/mol. The summed E-state index contributed by atoms with van der Waals surface area (Å²) in [4.78, 5) is -0.162. The van der Waals surface area contributed by atoms with Crippen molar-refractivity contribution in [1.82, 2.24) is 0 Å². The molecule has 7 heteroatoms. The van der Waals surface area contributed by atoms with Crippen molar-refractivity contribution in [2.75, 3.05) is 0 Å². The molecule has 0 atom stereocenters. The number of aliphatic hydroxyl groups is 1. The van der Waals surface area contributed by atoms with Crippen molar-refractivity contribution < 1.29 is 13.5 Å². The van der Waals surface area contributed by atoms with Gasteiger partial charge < -0.3 is 5.11 Å². The molecule has 2 rings (SSSR count). The van der Waals surface area contributed by atoms with Crippen LogP contribution in [0.5, 0.6) is 0 Å². The van der Waals surface area contributed by atoms with Gasteiger partial charge in [-0.1, -0.05) is 23.2 Å². The molecule has 1 aliphatic rings. The summed E-state index contributed by atoms with van der Waals surface area (Å²) >= 11 is 11.6. The van der Waals surface area contributed by atoms with Gasteiger partial charge in [-0.05, 0) is 18.2 Å². The van der Waals surface area contributed by atoms with Crippen LogP contribution in [-0.2, 0) is 9.84 Å². The molecule has 0 saturated heterocycles. The zero-order chi connectivity index (χ0) is 13.6. The fourth-order valence-corrected chi connectivity index (χ4v) is 4.60. The Morgan fingerprint density at radius 2 is 2.00 bits per heavy atom. The third kappa shape index (κ3) is 1.90. The first-order valence-electron chi connectivity index (χ1n) is 5.11. The third-order valence-corrected chi connectivity index (χ3v) is 6.08. The minimum absolute atomic E-state index is 0.0235. The average molecular weight is 306 g/mol. The molecule has 18 heavy (non-hydrogen) atoms. The minimum atomic E-state index is -3.94. The van der Waals surface area contributed by atoms with Gasteiger partial charge in [-0.25, -0.2) is 8.42 Å². The highest BCUT2D eigenvalue weighted by Gasteiger charge is 2.55. The molecule has 0 aliphatic heterocycles. The molecule has 1 aliphatic carbocycles. The van der Waals surface area contributed by atoms with E-state index in [1.54, 1.807) is 6.07 Å². The second-order valence-electron chi connectivity index (χ2n) is 4.25. The van der Waals surface area contributed by atoms with Gasteiger partial charge in [-0.2, -0.15) is 5.26 Å². The van der Waals surface area contributed by atoms with Crippen molar-refractivity contribution in [3.8, 4) is 6.07 Å². The molecule has 1 aromatic carbocycles. The van der Waals surface area contributed by atoms with Gasteiger partial charge in [0.1, 0.15) is 0 Å². The molecule has 0 radical (unpaired) electrons. The Hall–Kier alpha value is -0.800. The lowest BCUT2D eigenvalue weighted by atomic mass is 9.82. The summed E-state index contributed by atoms with van der Waals surface area (Å²) in [6.45, 7) is 0. The van der Waals surface area contributed by atoms with Gasteiger partial charge in [-0.3, -0.25) is 0 Å². The Balaban J connectivity index is 2.56. The van der Waals surface area contributed by atoms with Crippen LogP contribution in [0.4, 0.5) is 0 Å². The third-order valence-electron chi connectivity index (χ3n) is 3.03. The zero-order valence-corrected chi connectivity index (χ0v) is 11.4. The smallest absolute Gasteiger partial charge is 0.199 e. The lowest BCUT2D eigenvalue weighted by Crippen LogP contribution is -2.52. The summed E-state index contributed by atoms with van der Waals surface area (Å²) in [7, 11) is -3.94. The second kappa shape index (κ2) is 4.39. The zero-order valence-electron chi connectivity index (χ0n) is 9.10. The number of nitriles is 1. The number of hydrogen-bond acceptors (Lipinski definition) is 4. The summed E-state index contributed by atoms with van der Waals surface area (Å²) in [6.07, 6.45) is -0.971. The van der Waals surface area contributed by atoms with Crippen LogP contribution in [0.3, 0.4) is 0 Å². The van der Waals surface area contributed by atoms with E-state index < -0.39 is 20.7 Å². The Morgan fingerprint density at radius 3 is 2.50 bits per heavy atom. The van der Waals surface area contributed by atoms with E-state index in [1.165, 1.54) is 18.2 Å². The molecular weight excluding hydrogens is 297 g/mol. The van der Waals surface area contributed by atoms with Crippen LogP contribution in [0.15, 0.2) is 23.1 Å². The van der Waals surface area contributed by atoms with E-state index in [2.05, 4.69) is 0 Å². The maximum atomic E-state index is 12.4. The number of nitrogens with zero attached hydrogens (tertiary/aromatic N) is 1. The van der Waals surface area contributed by atoms with E-state index in [4.69, 9.17) is 28.5 Å². The van der Waals surface area contributed by atoms with Crippen molar-refractivity contribution in [2.45, 2.75) is 28.6 Å². The summed E-state index contributed by atoms with van der Waals surface area (Å²) in [5, 5.41) is 18.6. The molecule has 0 unspecified atom stereocenters. The van der Waals surface area contributed by atoms with Crippen LogP contribution in [-0.4, -0.2) is 24.4 Å². The van der Waals surface area contributed by atoms with E-state index in [-0.39, 0.29) is 27.8 Å². The van der Waals surface area contributed by atoms with Gasteiger partial charge in [0.15, 0.2) is 14.6 Å². The first-order chi connectivity index (χ1) is 8.32. The monoisotopic (exact) mass is 305 g/mol. The van der Waals surface area contributed by atoms with Gasteiger partial charge in [-0.15, -0.1) is 0 Å². The van der Waals surface area contributed by atoms with Crippen molar-refractivity contribution >= 4 is 33.0 Å². The number of sulfone groups is 1. The Morgan fingerprint density at radius 1 is 1.39 bits per heavy atom. The maximum absolute atomic E-state index is 12.4. The molecule has 0 spiro atoms. The number of aliphatic hydroxyl groups excluding tert-OH is 1. The van der Waals surface area contributed by atoms with Gasteiger partial charge >= 0.3 is 0 Å². The van der Waals surface area contributed by atoms with E-state index in [0.717, 1.165) is 0 Å². The molecule has 0 bridgehead atoms. The number of halogens is 2. The number of rotatable bonds is 2. The number of hydrogen-bond donors (Lipinski definition) is 1. The molecule has 1 aromatic rings. The van der Waals surface area contributed by atoms with Crippen LogP contribution >= 0.6 is 23.2 Å². The second-order valence-corrected chi connectivity index (χ2v) is 7.32. The van der Waals surface area contributed by atoms with Gasteiger partial charge in [0.05, 0.1) is 22.1 Å². The maximum Gasteiger partial charge on any atom is 0.199 e. The van der Waals surface area contributed by atoms with Gasteiger partial charge in [0.2, 0.25) is 0 Å². The normalized spacial score (nSPS) is 27.3. The van der Waals surface area contributed by atoms with Crippen LogP contribution in [0.25, 0.3) is 0 Å². The fraction of sp³-hybridized carbons (Fsp3) is 0.364. The molecule has 1 N–H and O–H groups in total. The average Bonchev–Trinajstić information content (AvgIpc) is 2.27. The topological polar surface area (TPSA) is 78.2 Å². The quantitative estimate of drug-likeness (QED) is 0.908. The first kappa shape index (κ1) is 13.6. The predicted octanol–water partition coefficient (Wildman–Crippen LogP) is 2.18.